The summed E-state index contributed by atoms with van der Waals surface area (Å²) in [6.45, 7) is 2.38. The van der Waals surface area contributed by atoms with Crippen LogP contribution in [0.25, 0.3) is 0 Å². The standard InChI is InChI=1S/C9H17N/c1-8(4-2-3-5-8)9(10)6-7-9/h2-7,10H2,1H3. The van der Waals surface area contributed by atoms with E-state index in [-0.39, 0.29) is 5.54 Å². The Balaban J connectivity index is 2.13. The van der Waals surface area contributed by atoms with Crippen LogP contribution in [0.3, 0.4) is 0 Å². The molecule has 0 aliphatic heterocycles. The maximum atomic E-state index is 6.19. The van der Waals surface area contributed by atoms with Crippen LogP contribution in [0.1, 0.15) is 45.4 Å². The Labute approximate surface area is 63.0 Å². The molecule has 10 heavy (non-hydrogen) atoms. The van der Waals surface area contributed by atoms with Crippen molar-refractivity contribution in [2.75, 3.05) is 0 Å². The van der Waals surface area contributed by atoms with Gasteiger partial charge >= 0.3 is 0 Å². The van der Waals surface area contributed by atoms with E-state index in [1.165, 1.54) is 38.5 Å². The lowest BCUT2D eigenvalue weighted by molar-refractivity contribution is 0.244. The quantitative estimate of drug-likeness (QED) is 0.591. The van der Waals surface area contributed by atoms with Crippen molar-refractivity contribution in [3.05, 3.63) is 0 Å². The Bertz CT molecular complexity index is 141. The van der Waals surface area contributed by atoms with Crippen molar-refractivity contribution >= 4 is 0 Å². The molecular formula is C9H17N. The second-order valence-electron chi connectivity index (χ2n) is 4.42. The highest BCUT2D eigenvalue weighted by Crippen LogP contribution is 2.55. The zero-order chi connectivity index (χ0) is 7.24. The molecule has 2 N–H and O–H groups in total. The minimum atomic E-state index is 0.267. The van der Waals surface area contributed by atoms with Gasteiger partial charge in [0.05, 0.1) is 0 Å². The lowest BCUT2D eigenvalue weighted by atomic mass is 9.79. The van der Waals surface area contributed by atoms with Crippen LogP contribution in [0.15, 0.2) is 0 Å². The molecule has 2 rings (SSSR count). The molecule has 0 heterocycles. The Morgan fingerprint density at radius 3 is 1.90 bits per heavy atom. The topological polar surface area (TPSA) is 26.0 Å². The third-order valence-corrected chi connectivity index (χ3v) is 3.70. The van der Waals surface area contributed by atoms with E-state index >= 15 is 0 Å². The van der Waals surface area contributed by atoms with Gasteiger partial charge in [-0.05, 0) is 31.1 Å². The van der Waals surface area contributed by atoms with Crippen molar-refractivity contribution in [2.24, 2.45) is 11.1 Å². The van der Waals surface area contributed by atoms with Crippen molar-refractivity contribution in [1.82, 2.24) is 0 Å². The summed E-state index contributed by atoms with van der Waals surface area (Å²) in [7, 11) is 0. The number of nitrogens with two attached hydrogens (primary N) is 1. The number of rotatable bonds is 1. The highest BCUT2D eigenvalue weighted by Gasteiger charge is 2.54. The molecule has 0 atom stereocenters. The van der Waals surface area contributed by atoms with Crippen LogP contribution in [-0.4, -0.2) is 5.54 Å². The first-order valence-electron chi connectivity index (χ1n) is 4.45. The summed E-state index contributed by atoms with van der Waals surface area (Å²) >= 11 is 0. The highest BCUT2D eigenvalue weighted by molar-refractivity contribution is 5.11. The molecule has 1 heteroatoms. The van der Waals surface area contributed by atoms with Crippen molar-refractivity contribution in [3.8, 4) is 0 Å². The molecule has 0 aromatic rings. The van der Waals surface area contributed by atoms with Crippen molar-refractivity contribution in [1.29, 1.82) is 0 Å². The predicted molar refractivity (Wildman–Crippen MR) is 42.7 cm³/mol. The van der Waals surface area contributed by atoms with Gasteiger partial charge in [0, 0.05) is 5.54 Å². The molecule has 58 valence electrons. The summed E-state index contributed by atoms with van der Waals surface area (Å²) in [4.78, 5) is 0. The molecule has 2 aliphatic rings. The van der Waals surface area contributed by atoms with E-state index < -0.39 is 0 Å². The fourth-order valence-corrected chi connectivity index (χ4v) is 2.39. The van der Waals surface area contributed by atoms with E-state index in [1.807, 2.05) is 0 Å². The fraction of sp³-hybridized carbons (Fsp3) is 1.00. The van der Waals surface area contributed by atoms with Gasteiger partial charge in [-0.15, -0.1) is 0 Å². The first kappa shape index (κ1) is 6.66. The zero-order valence-corrected chi connectivity index (χ0v) is 6.82. The Kier molecular flexibility index (Phi) is 1.17. The summed E-state index contributed by atoms with van der Waals surface area (Å²) in [6, 6.07) is 0. The smallest absolute Gasteiger partial charge is 0.0210 e. The lowest BCUT2D eigenvalue weighted by Gasteiger charge is -2.31. The summed E-state index contributed by atoms with van der Waals surface area (Å²) in [5.74, 6) is 0. The minimum Gasteiger partial charge on any atom is -0.325 e. The predicted octanol–water partition coefficient (Wildman–Crippen LogP) is 2.06. The molecule has 2 fully saturated rings. The molecular weight excluding hydrogens is 122 g/mol. The number of hydrogen-bond donors (Lipinski definition) is 1. The van der Waals surface area contributed by atoms with Gasteiger partial charge in [0.1, 0.15) is 0 Å². The number of hydrogen-bond acceptors (Lipinski definition) is 1. The summed E-state index contributed by atoms with van der Waals surface area (Å²) in [6.07, 6.45) is 8.14. The van der Waals surface area contributed by atoms with E-state index in [2.05, 4.69) is 6.92 Å². The van der Waals surface area contributed by atoms with Gasteiger partial charge in [0.25, 0.3) is 0 Å². The molecule has 0 aromatic heterocycles. The van der Waals surface area contributed by atoms with E-state index in [0.717, 1.165) is 0 Å². The maximum absolute atomic E-state index is 6.19. The molecule has 0 saturated heterocycles. The second kappa shape index (κ2) is 1.76. The summed E-state index contributed by atoms with van der Waals surface area (Å²) < 4.78 is 0. The van der Waals surface area contributed by atoms with Gasteiger partial charge in [-0.3, -0.25) is 0 Å². The molecule has 0 unspecified atom stereocenters. The SMILES string of the molecule is CC1(C2(N)CC2)CCCC1. The molecule has 0 aromatic carbocycles. The van der Waals surface area contributed by atoms with Crippen LogP contribution in [0, 0.1) is 5.41 Å². The van der Waals surface area contributed by atoms with E-state index in [9.17, 15) is 0 Å². The van der Waals surface area contributed by atoms with Gasteiger partial charge in [0.2, 0.25) is 0 Å². The Morgan fingerprint density at radius 1 is 1.00 bits per heavy atom. The lowest BCUT2D eigenvalue weighted by Crippen LogP contribution is -2.39. The zero-order valence-electron chi connectivity index (χ0n) is 6.82. The molecule has 0 radical (unpaired) electrons. The minimum absolute atomic E-state index is 0.267. The van der Waals surface area contributed by atoms with E-state index in [4.69, 9.17) is 5.73 Å². The summed E-state index contributed by atoms with van der Waals surface area (Å²) in [5.41, 5.74) is 6.97. The average Bonchev–Trinajstić information content (AvgIpc) is 2.46. The van der Waals surface area contributed by atoms with Crippen LogP contribution in [-0.2, 0) is 0 Å². The fourth-order valence-electron chi connectivity index (χ4n) is 2.39. The van der Waals surface area contributed by atoms with Crippen molar-refractivity contribution in [2.45, 2.75) is 51.0 Å². The second-order valence-corrected chi connectivity index (χ2v) is 4.42. The van der Waals surface area contributed by atoms with Crippen LogP contribution >= 0.6 is 0 Å². The average molecular weight is 139 g/mol. The van der Waals surface area contributed by atoms with E-state index in [0.29, 0.717) is 5.41 Å². The van der Waals surface area contributed by atoms with Crippen LogP contribution in [0.4, 0.5) is 0 Å². The molecule has 0 amide bonds. The molecule has 2 saturated carbocycles. The molecule has 0 spiro atoms. The van der Waals surface area contributed by atoms with Crippen LogP contribution < -0.4 is 5.73 Å². The normalized spacial score (nSPS) is 34.2. The highest BCUT2D eigenvalue weighted by atomic mass is 14.9. The molecule has 2 aliphatic carbocycles. The Hall–Kier alpha value is -0.0400. The van der Waals surface area contributed by atoms with Crippen molar-refractivity contribution in [3.63, 3.8) is 0 Å². The largest absolute Gasteiger partial charge is 0.325 e. The van der Waals surface area contributed by atoms with Crippen molar-refractivity contribution < 1.29 is 0 Å². The maximum Gasteiger partial charge on any atom is 0.0210 e. The first-order valence-corrected chi connectivity index (χ1v) is 4.45. The van der Waals surface area contributed by atoms with Gasteiger partial charge in [0.15, 0.2) is 0 Å². The van der Waals surface area contributed by atoms with Gasteiger partial charge in [-0.1, -0.05) is 19.8 Å². The molecule has 0 bridgehead atoms. The molecule has 1 nitrogen and oxygen atoms in total. The van der Waals surface area contributed by atoms with Crippen LogP contribution in [0.2, 0.25) is 0 Å². The van der Waals surface area contributed by atoms with Gasteiger partial charge in [-0.2, -0.15) is 0 Å². The van der Waals surface area contributed by atoms with Gasteiger partial charge < -0.3 is 5.73 Å². The van der Waals surface area contributed by atoms with Crippen LogP contribution in [0.5, 0.6) is 0 Å². The summed E-state index contributed by atoms with van der Waals surface area (Å²) in [5, 5.41) is 0. The third-order valence-electron chi connectivity index (χ3n) is 3.70. The Morgan fingerprint density at radius 2 is 1.50 bits per heavy atom. The van der Waals surface area contributed by atoms with E-state index in [1.54, 1.807) is 0 Å². The van der Waals surface area contributed by atoms with Gasteiger partial charge in [-0.25, -0.2) is 0 Å². The first-order chi connectivity index (χ1) is 4.66. The monoisotopic (exact) mass is 139 g/mol. The third kappa shape index (κ3) is 0.731.